The lowest BCUT2D eigenvalue weighted by Crippen LogP contribution is -2.06. The van der Waals surface area contributed by atoms with Gasteiger partial charge in [0.2, 0.25) is 0 Å². The normalized spacial score (nSPS) is 33.6. The van der Waals surface area contributed by atoms with Crippen LogP contribution in [0.3, 0.4) is 0 Å². The first-order valence-corrected chi connectivity index (χ1v) is 6.12. The van der Waals surface area contributed by atoms with Crippen molar-refractivity contribution in [1.29, 1.82) is 0 Å². The Kier molecular flexibility index (Phi) is 2.28. The number of fused-ring (bicyclic) bond motifs is 1. The molecule has 0 amide bonds. The molecule has 2 saturated carbocycles. The summed E-state index contributed by atoms with van der Waals surface area (Å²) in [5.74, 6) is 1.56. The van der Waals surface area contributed by atoms with E-state index in [1.807, 2.05) is 6.92 Å². The van der Waals surface area contributed by atoms with Gasteiger partial charge in [-0.15, -0.1) is 0 Å². The van der Waals surface area contributed by atoms with E-state index in [1.54, 1.807) is 6.07 Å². The molecule has 2 aliphatic carbocycles. The molecule has 16 heavy (non-hydrogen) atoms. The molecule has 2 aliphatic rings. The van der Waals surface area contributed by atoms with Crippen molar-refractivity contribution in [3.05, 3.63) is 35.1 Å². The van der Waals surface area contributed by atoms with E-state index in [0.717, 1.165) is 11.1 Å². The molecule has 0 aliphatic heterocycles. The summed E-state index contributed by atoms with van der Waals surface area (Å²) in [6.45, 7) is 1.94. The number of aliphatic hydroxyl groups is 1. The first-order valence-electron chi connectivity index (χ1n) is 6.12. The lowest BCUT2D eigenvalue weighted by Gasteiger charge is -2.15. The van der Waals surface area contributed by atoms with Gasteiger partial charge in [-0.25, -0.2) is 4.39 Å². The highest BCUT2D eigenvalue weighted by Gasteiger charge is 2.56. The van der Waals surface area contributed by atoms with Crippen molar-refractivity contribution in [3.63, 3.8) is 0 Å². The van der Waals surface area contributed by atoms with E-state index in [0.29, 0.717) is 17.8 Å². The Morgan fingerprint density at radius 3 is 2.69 bits per heavy atom. The molecule has 1 aromatic carbocycles. The fourth-order valence-corrected chi connectivity index (χ4v) is 3.48. The van der Waals surface area contributed by atoms with Crippen LogP contribution in [0.1, 0.15) is 36.5 Å². The molecule has 0 aromatic heterocycles. The zero-order valence-electron chi connectivity index (χ0n) is 9.49. The van der Waals surface area contributed by atoms with Gasteiger partial charge in [0.15, 0.2) is 0 Å². The quantitative estimate of drug-likeness (QED) is 0.811. The summed E-state index contributed by atoms with van der Waals surface area (Å²) in [6.07, 6.45) is 3.35. The standard InChI is InChI=1S/C14H17FO/c1-8-5-6-9(15)7-12(8)14(16)13-10-3-2-4-11(10)13/h5-7,10-11,13-14,16H,2-4H2,1H3. The first-order chi connectivity index (χ1) is 7.68. The molecule has 0 heterocycles. The highest BCUT2D eigenvalue weighted by molar-refractivity contribution is 5.30. The van der Waals surface area contributed by atoms with Gasteiger partial charge in [-0.05, 0) is 60.8 Å². The van der Waals surface area contributed by atoms with Crippen molar-refractivity contribution in [3.8, 4) is 0 Å². The summed E-state index contributed by atoms with van der Waals surface area (Å²) in [5, 5.41) is 10.3. The molecule has 1 nitrogen and oxygen atoms in total. The summed E-state index contributed by atoms with van der Waals surface area (Å²) in [7, 11) is 0. The van der Waals surface area contributed by atoms with Crippen LogP contribution in [-0.2, 0) is 0 Å². The number of aryl methyl sites for hydroxylation is 1. The number of hydrogen-bond acceptors (Lipinski definition) is 1. The van der Waals surface area contributed by atoms with Crippen LogP contribution in [0.4, 0.5) is 4.39 Å². The number of hydrogen-bond donors (Lipinski definition) is 1. The Balaban J connectivity index is 1.84. The molecule has 3 unspecified atom stereocenters. The second-order valence-electron chi connectivity index (χ2n) is 5.28. The maximum absolute atomic E-state index is 13.2. The summed E-state index contributed by atoms with van der Waals surface area (Å²) in [5.41, 5.74) is 1.79. The average Bonchev–Trinajstić information content (AvgIpc) is 2.74. The second-order valence-corrected chi connectivity index (χ2v) is 5.28. The van der Waals surface area contributed by atoms with E-state index in [-0.39, 0.29) is 5.82 Å². The third kappa shape index (κ3) is 1.47. The predicted molar refractivity (Wildman–Crippen MR) is 60.4 cm³/mol. The molecule has 0 radical (unpaired) electrons. The molecule has 0 bridgehead atoms. The first kappa shape index (κ1) is 10.3. The van der Waals surface area contributed by atoms with Gasteiger partial charge in [0, 0.05) is 0 Å². The van der Waals surface area contributed by atoms with Gasteiger partial charge < -0.3 is 5.11 Å². The Labute approximate surface area is 95.3 Å². The number of aliphatic hydroxyl groups excluding tert-OH is 1. The number of benzene rings is 1. The van der Waals surface area contributed by atoms with Gasteiger partial charge in [-0.1, -0.05) is 12.5 Å². The molecular weight excluding hydrogens is 203 g/mol. The lowest BCUT2D eigenvalue weighted by molar-refractivity contribution is 0.136. The van der Waals surface area contributed by atoms with Crippen LogP contribution in [0.15, 0.2) is 18.2 Å². The highest BCUT2D eigenvalue weighted by atomic mass is 19.1. The van der Waals surface area contributed by atoms with Gasteiger partial charge >= 0.3 is 0 Å². The van der Waals surface area contributed by atoms with Crippen molar-refractivity contribution < 1.29 is 9.50 Å². The van der Waals surface area contributed by atoms with Crippen LogP contribution in [0, 0.1) is 30.5 Å². The van der Waals surface area contributed by atoms with Crippen LogP contribution in [0.25, 0.3) is 0 Å². The van der Waals surface area contributed by atoms with E-state index in [9.17, 15) is 9.50 Å². The monoisotopic (exact) mass is 220 g/mol. The molecule has 3 atom stereocenters. The van der Waals surface area contributed by atoms with Crippen molar-refractivity contribution in [1.82, 2.24) is 0 Å². The smallest absolute Gasteiger partial charge is 0.123 e. The van der Waals surface area contributed by atoms with Crippen molar-refractivity contribution in [2.75, 3.05) is 0 Å². The molecule has 2 heteroatoms. The number of rotatable bonds is 2. The Hall–Kier alpha value is -0.890. The third-order valence-corrected chi connectivity index (χ3v) is 4.40. The average molecular weight is 220 g/mol. The lowest BCUT2D eigenvalue weighted by atomic mass is 9.96. The van der Waals surface area contributed by atoms with E-state index in [2.05, 4.69) is 0 Å². The molecule has 86 valence electrons. The number of halogens is 1. The zero-order chi connectivity index (χ0) is 11.3. The minimum Gasteiger partial charge on any atom is -0.388 e. The second kappa shape index (κ2) is 3.56. The Morgan fingerprint density at radius 2 is 2.00 bits per heavy atom. The largest absolute Gasteiger partial charge is 0.388 e. The van der Waals surface area contributed by atoms with Gasteiger partial charge in [0.05, 0.1) is 6.10 Å². The van der Waals surface area contributed by atoms with Crippen LogP contribution in [0.5, 0.6) is 0 Å². The molecule has 0 spiro atoms. The van der Waals surface area contributed by atoms with Crippen LogP contribution >= 0.6 is 0 Å². The Morgan fingerprint density at radius 1 is 1.31 bits per heavy atom. The fraction of sp³-hybridized carbons (Fsp3) is 0.571. The summed E-state index contributed by atoms with van der Waals surface area (Å²) in [4.78, 5) is 0. The molecule has 0 saturated heterocycles. The zero-order valence-corrected chi connectivity index (χ0v) is 9.49. The molecule has 1 N–H and O–H groups in total. The van der Waals surface area contributed by atoms with E-state index in [1.165, 1.54) is 31.4 Å². The summed E-state index contributed by atoms with van der Waals surface area (Å²) >= 11 is 0. The fourth-order valence-electron chi connectivity index (χ4n) is 3.48. The summed E-state index contributed by atoms with van der Waals surface area (Å²) < 4.78 is 13.2. The maximum atomic E-state index is 13.2. The molecule has 3 rings (SSSR count). The van der Waals surface area contributed by atoms with E-state index in [4.69, 9.17) is 0 Å². The molecule has 2 fully saturated rings. The van der Waals surface area contributed by atoms with Gasteiger partial charge in [0.25, 0.3) is 0 Å². The minimum absolute atomic E-state index is 0.245. The van der Waals surface area contributed by atoms with Gasteiger partial charge in [-0.2, -0.15) is 0 Å². The minimum atomic E-state index is -0.453. The van der Waals surface area contributed by atoms with Crippen molar-refractivity contribution in [2.24, 2.45) is 17.8 Å². The van der Waals surface area contributed by atoms with Gasteiger partial charge in [-0.3, -0.25) is 0 Å². The van der Waals surface area contributed by atoms with Crippen LogP contribution in [-0.4, -0.2) is 5.11 Å². The Bertz CT molecular complexity index is 405. The predicted octanol–water partition coefficient (Wildman–Crippen LogP) is 3.21. The maximum Gasteiger partial charge on any atom is 0.123 e. The summed E-state index contributed by atoms with van der Waals surface area (Å²) in [6, 6.07) is 4.71. The molecular formula is C14H17FO. The van der Waals surface area contributed by atoms with Crippen LogP contribution < -0.4 is 0 Å². The van der Waals surface area contributed by atoms with Crippen molar-refractivity contribution >= 4 is 0 Å². The third-order valence-electron chi connectivity index (χ3n) is 4.40. The highest BCUT2D eigenvalue weighted by Crippen LogP contribution is 2.62. The van der Waals surface area contributed by atoms with E-state index >= 15 is 0 Å². The van der Waals surface area contributed by atoms with Crippen LogP contribution in [0.2, 0.25) is 0 Å². The van der Waals surface area contributed by atoms with E-state index < -0.39 is 6.10 Å². The van der Waals surface area contributed by atoms with Gasteiger partial charge in [0.1, 0.15) is 5.82 Å². The SMILES string of the molecule is Cc1ccc(F)cc1C(O)C1C2CCCC21. The topological polar surface area (TPSA) is 20.2 Å². The molecule has 1 aromatic rings. The van der Waals surface area contributed by atoms with Crippen molar-refractivity contribution in [2.45, 2.75) is 32.3 Å².